The van der Waals surface area contributed by atoms with E-state index in [0.717, 1.165) is 19.3 Å². The highest BCUT2D eigenvalue weighted by Crippen LogP contribution is 2.44. The number of hydrogen-bond acceptors (Lipinski definition) is 4. The van der Waals surface area contributed by atoms with Gasteiger partial charge in [0.25, 0.3) is 0 Å². The smallest absolute Gasteiger partial charge is 0.420 e. The van der Waals surface area contributed by atoms with Gasteiger partial charge < -0.3 is 9.84 Å². The van der Waals surface area contributed by atoms with Crippen molar-refractivity contribution >= 4 is 16.9 Å². The van der Waals surface area contributed by atoms with E-state index in [4.69, 9.17) is 4.74 Å². The van der Waals surface area contributed by atoms with E-state index in [1.165, 1.54) is 18.2 Å². The minimum atomic E-state index is -4.74. The zero-order chi connectivity index (χ0) is 27.2. The number of nitrogens with zero attached hydrogens (tertiary/aromatic N) is 2. The Morgan fingerprint density at radius 3 is 2.18 bits per heavy atom. The highest BCUT2D eigenvalue weighted by molar-refractivity contribution is 5.85. The number of carboxylic acids is 1. The second kappa shape index (κ2) is 10.2. The molecule has 1 aliphatic carbocycles. The van der Waals surface area contributed by atoms with Gasteiger partial charge in [-0.15, -0.1) is 0 Å². The topological polar surface area (TPSA) is 62.7 Å². The third-order valence-electron chi connectivity index (χ3n) is 8.42. The second-order valence-corrected chi connectivity index (χ2v) is 10.9. The number of aliphatic carboxylic acids is 1. The molecule has 5 rings (SSSR count). The number of carbonyl (C=O) groups is 1. The van der Waals surface area contributed by atoms with Crippen molar-refractivity contribution < 1.29 is 41.0 Å². The van der Waals surface area contributed by atoms with Gasteiger partial charge in [0.2, 0.25) is 0 Å². The van der Waals surface area contributed by atoms with Gasteiger partial charge in [0, 0.05) is 24.0 Å². The summed E-state index contributed by atoms with van der Waals surface area (Å²) in [5, 5.41) is 9.35. The van der Waals surface area contributed by atoms with E-state index in [0.29, 0.717) is 25.1 Å². The Hall–Kier alpha value is -2.56. The Balaban J connectivity index is 1.36. The number of ether oxygens (including phenoxy) is 1. The van der Waals surface area contributed by atoms with Crippen molar-refractivity contribution in [2.45, 2.75) is 94.9 Å². The molecule has 1 saturated carbocycles. The fourth-order valence-corrected chi connectivity index (χ4v) is 6.52. The van der Waals surface area contributed by atoms with E-state index in [1.54, 1.807) is 6.07 Å². The summed E-state index contributed by atoms with van der Waals surface area (Å²) in [6, 6.07) is 5.83. The standard InChI is InChI=1S/C27H30F6N2O3/c28-26(29,30)16-4-7-20(8-5-16)38-23-11-10-22-21(24(23)27(31,32)33)9-6-17(34-22)14-35-18-2-1-3-19(35)13-15(12-18)25(36)37/h6,9-11,15-16,18-20H,1-5,7-8,12-14H2,(H,36,37). The summed E-state index contributed by atoms with van der Waals surface area (Å²) < 4.78 is 87.0. The maximum atomic E-state index is 14.2. The number of fused-ring (bicyclic) bond motifs is 3. The van der Waals surface area contributed by atoms with Crippen molar-refractivity contribution in [3.63, 3.8) is 0 Å². The molecule has 2 unspecified atom stereocenters. The Morgan fingerprint density at radius 1 is 0.947 bits per heavy atom. The van der Waals surface area contributed by atoms with Crippen molar-refractivity contribution in [2.24, 2.45) is 11.8 Å². The fourth-order valence-electron chi connectivity index (χ4n) is 6.52. The molecule has 3 fully saturated rings. The summed E-state index contributed by atoms with van der Waals surface area (Å²) in [5.74, 6) is -2.99. The minimum absolute atomic E-state index is 0.0393. The third-order valence-corrected chi connectivity index (χ3v) is 8.42. The van der Waals surface area contributed by atoms with Crippen LogP contribution in [0, 0.1) is 11.8 Å². The van der Waals surface area contributed by atoms with Gasteiger partial charge in [0.1, 0.15) is 11.3 Å². The summed E-state index contributed by atoms with van der Waals surface area (Å²) in [6.07, 6.45) is -6.10. The van der Waals surface area contributed by atoms with Crippen molar-refractivity contribution in [3.8, 4) is 5.75 Å². The van der Waals surface area contributed by atoms with E-state index in [2.05, 4.69) is 9.88 Å². The molecule has 1 aromatic carbocycles. The number of alkyl halides is 6. The molecule has 0 amide bonds. The van der Waals surface area contributed by atoms with Crippen LogP contribution in [0.25, 0.3) is 10.9 Å². The number of rotatable bonds is 5. The largest absolute Gasteiger partial charge is 0.490 e. The molecule has 3 aliphatic rings. The number of aromatic nitrogens is 1. The SMILES string of the molecule is O=C(O)C1CC2CCCC(C1)N2Cc1ccc2c(C(F)(F)F)c(OC3CCC(C(F)(F)F)CC3)ccc2n1. The highest BCUT2D eigenvalue weighted by Gasteiger charge is 2.43. The molecule has 1 N–H and O–H groups in total. The van der Waals surface area contributed by atoms with E-state index >= 15 is 0 Å². The molecule has 3 heterocycles. The van der Waals surface area contributed by atoms with E-state index < -0.39 is 35.9 Å². The summed E-state index contributed by atoms with van der Waals surface area (Å²) in [4.78, 5) is 18.3. The highest BCUT2D eigenvalue weighted by atomic mass is 19.4. The first-order chi connectivity index (χ1) is 17.9. The van der Waals surface area contributed by atoms with Gasteiger partial charge in [-0.1, -0.05) is 12.5 Å². The zero-order valence-corrected chi connectivity index (χ0v) is 20.7. The van der Waals surface area contributed by atoms with Crippen molar-refractivity contribution in [1.29, 1.82) is 0 Å². The number of hydrogen-bond donors (Lipinski definition) is 1. The van der Waals surface area contributed by atoms with Gasteiger partial charge in [-0.05, 0) is 69.6 Å². The molecule has 2 aromatic rings. The molecular formula is C27H30F6N2O3. The lowest BCUT2D eigenvalue weighted by molar-refractivity contribution is -0.185. The lowest BCUT2D eigenvalue weighted by Crippen LogP contribution is -2.52. The first-order valence-electron chi connectivity index (χ1n) is 13.1. The van der Waals surface area contributed by atoms with Crippen LogP contribution in [0.1, 0.15) is 69.0 Å². The maximum Gasteiger partial charge on any atom is 0.420 e. The average Bonchev–Trinajstić information content (AvgIpc) is 2.82. The lowest BCUT2D eigenvalue weighted by Gasteiger charge is -2.48. The molecule has 0 spiro atoms. The summed E-state index contributed by atoms with van der Waals surface area (Å²) in [6.45, 7) is 0.430. The average molecular weight is 545 g/mol. The van der Waals surface area contributed by atoms with Crippen LogP contribution in [0.15, 0.2) is 24.3 Å². The van der Waals surface area contributed by atoms with Crippen molar-refractivity contribution in [3.05, 3.63) is 35.5 Å². The molecule has 2 bridgehead atoms. The predicted octanol–water partition coefficient (Wildman–Crippen LogP) is 6.97. The monoisotopic (exact) mass is 544 g/mol. The second-order valence-electron chi connectivity index (χ2n) is 10.9. The summed E-state index contributed by atoms with van der Waals surface area (Å²) in [7, 11) is 0. The third kappa shape index (κ3) is 5.58. The Bertz CT molecular complexity index is 1160. The molecule has 11 heteroatoms. The molecule has 2 aliphatic heterocycles. The molecule has 208 valence electrons. The van der Waals surface area contributed by atoms with Crippen LogP contribution in [0.5, 0.6) is 5.75 Å². The Morgan fingerprint density at radius 2 is 1.61 bits per heavy atom. The molecular weight excluding hydrogens is 514 g/mol. The molecule has 1 aromatic heterocycles. The lowest BCUT2D eigenvalue weighted by atomic mass is 9.78. The van der Waals surface area contributed by atoms with Gasteiger partial charge in [0.05, 0.1) is 29.2 Å². The van der Waals surface area contributed by atoms with Gasteiger partial charge in [-0.2, -0.15) is 26.3 Å². The van der Waals surface area contributed by atoms with Gasteiger partial charge in [-0.25, -0.2) is 0 Å². The van der Waals surface area contributed by atoms with Crippen LogP contribution in [0.3, 0.4) is 0 Å². The number of piperidine rings is 2. The minimum Gasteiger partial charge on any atom is -0.490 e. The normalized spacial score (nSPS) is 28.8. The van der Waals surface area contributed by atoms with E-state index in [9.17, 15) is 36.2 Å². The fraction of sp³-hybridized carbons (Fsp3) is 0.630. The first kappa shape index (κ1) is 27.0. The predicted molar refractivity (Wildman–Crippen MR) is 127 cm³/mol. The van der Waals surface area contributed by atoms with Gasteiger partial charge in [-0.3, -0.25) is 14.7 Å². The van der Waals surface area contributed by atoms with Crippen LogP contribution in [-0.2, 0) is 17.5 Å². The molecule has 5 nitrogen and oxygen atoms in total. The van der Waals surface area contributed by atoms with Crippen LogP contribution in [0.4, 0.5) is 26.3 Å². The molecule has 2 atom stereocenters. The van der Waals surface area contributed by atoms with Crippen LogP contribution in [0.2, 0.25) is 0 Å². The number of halogens is 6. The molecule has 2 saturated heterocycles. The molecule has 38 heavy (non-hydrogen) atoms. The Kier molecular flexibility index (Phi) is 7.26. The van der Waals surface area contributed by atoms with Crippen molar-refractivity contribution in [2.75, 3.05) is 0 Å². The number of benzene rings is 1. The van der Waals surface area contributed by atoms with Crippen molar-refractivity contribution in [1.82, 2.24) is 9.88 Å². The first-order valence-corrected chi connectivity index (χ1v) is 13.1. The van der Waals surface area contributed by atoms with Gasteiger partial charge in [0.15, 0.2) is 0 Å². The van der Waals surface area contributed by atoms with Crippen LogP contribution >= 0.6 is 0 Å². The van der Waals surface area contributed by atoms with Crippen LogP contribution in [-0.4, -0.2) is 45.3 Å². The summed E-state index contributed by atoms with van der Waals surface area (Å²) in [5.41, 5.74) is -0.199. The molecule has 0 radical (unpaired) electrons. The van der Waals surface area contributed by atoms with Gasteiger partial charge >= 0.3 is 18.3 Å². The van der Waals surface area contributed by atoms with Crippen LogP contribution < -0.4 is 4.74 Å². The number of carboxylic acid groups (broad SMARTS) is 1. The Labute approximate surface area is 216 Å². The zero-order valence-electron chi connectivity index (χ0n) is 20.7. The maximum absolute atomic E-state index is 14.2. The quantitative estimate of drug-likeness (QED) is 0.412. The summed E-state index contributed by atoms with van der Waals surface area (Å²) >= 11 is 0. The number of pyridine rings is 1. The van der Waals surface area contributed by atoms with E-state index in [-0.39, 0.29) is 60.3 Å². The van der Waals surface area contributed by atoms with E-state index in [1.807, 2.05) is 0 Å².